The highest BCUT2D eigenvalue weighted by Gasteiger charge is 2.19. The van der Waals surface area contributed by atoms with Crippen molar-refractivity contribution < 1.29 is 4.39 Å². The van der Waals surface area contributed by atoms with Crippen LogP contribution in [-0.4, -0.2) is 6.54 Å². The molecular weight excluding hydrogens is 341 g/mol. The molecule has 0 amide bonds. The fraction of sp³-hybridized carbons (Fsp3) is 0.250. The van der Waals surface area contributed by atoms with Gasteiger partial charge in [-0.05, 0) is 42.8 Å². The van der Waals surface area contributed by atoms with Gasteiger partial charge in [0.05, 0.1) is 6.04 Å². The van der Waals surface area contributed by atoms with Crippen molar-refractivity contribution in [2.75, 3.05) is 6.54 Å². The second-order valence-corrected chi connectivity index (χ2v) is 5.97. The van der Waals surface area contributed by atoms with Crippen LogP contribution in [0, 0.1) is 12.7 Å². The SMILES string of the molecule is CCNC(c1ccc(Cl)cc1F)c1ccc(C)cc1Br. The molecule has 1 nitrogen and oxygen atoms in total. The third-order valence-corrected chi connectivity index (χ3v) is 4.07. The summed E-state index contributed by atoms with van der Waals surface area (Å²) in [5.74, 6) is -0.295. The van der Waals surface area contributed by atoms with Gasteiger partial charge in [-0.25, -0.2) is 4.39 Å². The molecule has 0 spiro atoms. The van der Waals surface area contributed by atoms with Gasteiger partial charge in [0.25, 0.3) is 0 Å². The molecule has 0 aromatic heterocycles. The highest BCUT2D eigenvalue weighted by Crippen LogP contribution is 2.31. The molecule has 0 bridgehead atoms. The average molecular weight is 357 g/mol. The topological polar surface area (TPSA) is 12.0 Å². The fourth-order valence-corrected chi connectivity index (χ4v) is 3.07. The number of hydrogen-bond acceptors (Lipinski definition) is 1. The summed E-state index contributed by atoms with van der Waals surface area (Å²) in [6.45, 7) is 4.77. The molecule has 0 saturated carbocycles. The van der Waals surface area contributed by atoms with Crippen LogP contribution in [0.3, 0.4) is 0 Å². The van der Waals surface area contributed by atoms with E-state index in [9.17, 15) is 4.39 Å². The summed E-state index contributed by atoms with van der Waals surface area (Å²) in [6.07, 6.45) is 0. The van der Waals surface area contributed by atoms with E-state index in [1.54, 1.807) is 12.1 Å². The van der Waals surface area contributed by atoms with Gasteiger partial charge in [-0.2, -0.15) is 0 Å². The Kier molecular flexibility index (Phi) is 5.19. The summed E-state index contributed by atoms with van der Waals surface area (Å²) in [4.78, 5) is 0. The Morgan fingerprint density at radius 3 is 2.50 bits per heavy atom. The first-order valence-electron chi connectivity index (χ1n) is 6.47. The van der Waals surface area contributed by atoms with E-state index in [0.717, 1.165) is 22.1 Å². The molecule has 20 heavy (non-hydrogen) atoms. The van der Waals surface area contributed by atoms with E-state index in [1.807, 2.05) is 32.0 Å². The summed E-state index contributed by atoms with van der Waals surface area (Å²) >= 11 is 9.39. The van der Waals surface area contributed by atoms with E-state index >= 15 is 0 Å². The lowest BCUT2D eigenvalue weighted by Gasteiger charge is -2.21. The molecule has 2 rings (SSSR count). The predicted octanol–water partition coefficient (Wildman–Crippen LogP) is 5.25. The molecule has 0 fully saturated rings. The standard InChI is InChI=1S/C16H16BrClFN/c1-3-20-16(12-6-4-10(2)8-14(12)17)13-7-5-11(18)9-15(13)19/h4-9,16,20H,3H2,1-2H3. The maximum Gasteiger partial charge on any atom is 0.129 e. The predicted molar refractivity (Wildman–Crippen MR) is 85.8 cm³/mol. The van der Waals surface area contributed by atoms with Crippen molar-refractivity contribution in [3.8, 4) is 0 Å². The Bertz CT molecular complexity index is 564. The zero-order valence-corrected chi connectivity index (χ0v) is 13.7. The minimum atomic E-state index is -0.295. The van der Waals surface area contributed by atoms with Crippen molar-refractivity contribution in [1.82, 2.24) is 5.32 Å². The van der Waals surface area contributed by atoms with Crippen molar-refractivity contribution in [3.63, 3.8) is 0 Å². The van der Waals surface area contributed by atoms with Crippen LogP contribution in [-0.2, 0) is 0 Å². The quantitative estimate of drug-likeness (QED) is 0.789. The van der Waals surface area contributed by atoms with Gasteiger partial charge in [0.1, 0.15) is 5.82 Å². The third kappa shape index (κ3) is 3.40. The first-order chi connectivity index (χ1) is 9.52. The van der Waals surface area contributed by atoms with E-state index in [1.165, 1.54) is 6.07 Å². The van der Waals surface area contributed by atoms with Crippen LogP contribution in [0.2, 0.25) is 5.02 Å². The Labute approximate surface area is 132 Å². The average Bonchev–Trinajstić information content (AvgIpc) is 2.37. The minimum absolute atomic E-state index is 0.202. The first kappa shape index (κ1) is 15.5. The van der Waals surface area contributed by atoms with Crippen LogP contribution in [0.4, 0.5) is 4.39 Å². The van der Waals surface area contributed by atoms with Crippen molar-refractivity contribution in [2.45, 2.75) is 19.9 Å². The van der Waals surface area contributed by atoms with Gasteiger partial charge in [-0.15, -0.1) is 0 Å². The molecule has 0 heterocycles. The van der Waals surface area contributed by atoms with Crippen molar-refractivity contribution in [2.24, 2.45) is 0 Å². The number of halogens is 3. The van der Waals surface area contributed by atoms with E-state index < -0.39 is 0 Å². The largest absolute Gasteiger partial charge is 0.306 e. The van der Waals surface area contributed by atoms with Gasteiger partial charge in [0.15, 0.2) is 0 Å². The van der Waals surface area contributed by atoms with E-state index in [0.29, 0.717) is 10.6 Å². The Hall–Kier alpha value is -0.900. The van der Waals surface area contributed by atoms with Crippen molar-refractivity contribution in [1.29, 1.82) is 0 Å². The summed E-state index contributed by atoms with van der Waals surface area (Å²) in [7, 11) is 0. The van der Waals surface area contributed by atoms with Crippen LogP contribution in [0.15, 0.2) is 40.9 Å². The number of nitrogens with one attached hydrogen (secondary N) is 1. The van der Waals surface area contributed by atoms with Crippen LogP contribution in [0.1, 0.15) is 29.7 Å². The molecule has 0 saturated heterocycles. The number of hydrogen-bond donors (Lipinski definition) is 1. The second kappa shape index (κ2) is 6.70. The highest BCUT2D eigenvalue weighted by atomic mass is 79.9. The van der Waals surface area contributed by atoms with E-state index in [2.05, 4.69) is 21.2 Å². The smallest absolute Gasteiger partial charge is 0.129 e. The maximum absolute atomic E-state index is 14.2. The summed E-state index contributed by atoms with van der Waals surface area (Å²) in [5, 5.41) is 3.73. The minimum Gasteiger partial charge on any atom is -0.306 e. The number of rotatable bonds is 4. The van der Waals surface area contributed by atoms with Crippen LogP contribution in [0.5, 0.6) is 0 Å². The Morgan fingerprint density at radius 1 is 1.20 bits per heavy atom. The van der Waals surface area contributed by atoms with E-state index in [4.69, 9.17) is 11.6 Å². The number of aryl methyl sites for hydroxylation is 1. The number of benzene rings is 2. The third-order valence-electron chi connectivity index (χ3n) is 3.15. The van der Waals surface area contributed by atoms with Gasteiger partial charge in [0, 0.05) is 15.1 Å². The molecule has 0 aliphatic heterocycles. The van der Waals surface area contributed by atoms with Gasteiger partial charge in [0.2, 0.25) is 0 Å². The second-order valence-electron chi connectivity index (χ2n) is 4.68. The molecule has 2 aromatic rings. The molecule has 4 heteroatoms. The molecule has 0 aliphatic carbocycles. The fourth-order valence-electron chi connectivity index (χ4n) is 2.19. The summed E-state index contributed by atoms with van der Waals surface area (Å²) in [5.41, 5.74) is 2.77. The molecule has 1 atom stereocenters. The monoisotopic (exact) mass is 355 g/mol. The zero-order chi connectivity index (χ0) is 14.7. The van der Waals surface area contributed by atoms with Gasteiger partial charge >= 0.3 is 0 Å². The highest BCUT2D eigenvalue weighted by molar-refractivity contribution is 9.10. The molecule has 106 valence electrons. The molecule has 1 unspecified atom stereocenters. The first-order valence-corrected chi connectivity index (χ1v) is 7.64. The molecular formula is C16H16BrClFN. The molecule has 1 N–H and O–H groups in total. The van der Waals surface area contributed by atoms with Crippen LogP contribution in [0.25, 0.3) is 0 Å². The molecule has 0 radical (unpaired) electrons. The zero-order valence-electron chi connectivity index (χ0n) is 11.4. The Morgan fingerprint density at radius 2 is 1.90 bits per heavy atom. The normalized spacial score (nSPS) is 12.4. The lowest BCUT2D eigenvalue weighted by Crippen LogP contribution is -2.23. The summed E-state index contributed by atoms with van der Waals surface area (Å²) < 4.78 is 15.2. The summed E-state index contributed by atoms with van der Waals surface area (Å²) in [6, 6.07) is 10.7. The van der Waals surface area contributed by atoms with E-state index in [-0.39, 0.29) is 11.9 Å². The van der Waals surface area contributed by atoms with Crippen LogP contribution < -0.4 is 5.32 Å². The molecule has 2 aromatic carbocycles. The molecule has 0 aliphatic rings. The maximum atomic E-state index is 14.2. The Balaban J connectivity index is 2.50. The van der Waals surface area contributed by atoms with Crippen molar-refractivity contribution >= 4 is 27.5 Å². The van der Waals surface area contributed by atoms with Gasteiger partial charge < -0.3 is 5.32 Å². The van der Waals surface area contributed by atoms with Gasteiger partial charge in [-0.3, -0.25) is 0 Å². The lowest BCUT2D eigenvalue weighted by atomic mass is 9.97. The van der Waals surface area contributed by atoms with Gasteiger partial charge in [-0.1, -0.05) is 52.7 Å². The van der Waals surface area contributed by atoms with Crippen molar-refractivity contribution in [3.05, 3.63) is 68.4 Å². The van der Waals surface area contributed by atoms with Crippen LogP contribution >= 0.6 is 27.5 Å². The lowest BCUT2D eigenvalue weighted by molar-refractivity contribution is 0.558.